The van der Waals surface area contributed by atoms with Gasteiger partial charge in [0.05, 0.1) is 5.54 Å². The number of alkyl carbamates (subject to hydrolysis) is 1. The van der Waals surface area contributed by atoms with Crippen LogP contribution in [-0.4, -0.2) is 16.8 Å². The molecule has 0 aromatic heterocycles. The van der Waals surface area contributed by atoms with Gasteiger partial charge in [-0.3, -0.25) is 0 Å². The predicted octanol–water partition coefficient (Wildman–Crippen LogP) is 3.15. The summed E-state index contributed by atoms with van der Waals surface area (Å²) in [6.07, 6.45) is -0.458. The largest absolute Gasteiger partial charge is 0.508 e. The van der Waals surface area contributed by atoms with E-state index in [1.165, 1.54) is 0 Å². The fourth-order valence-corrected chi connectivity index (χ4v) is 1.51. The van der Waals surface area contributed by atoms with Crippen LogP contribution in [0.5, 0.6) is 5.75 Å². The number of hydrogen-bond donors (Lipinski definition) is 2. The van der Waals surface area contributed by atoms with Crippen LogP contribution in [-0.2, 0) is 10.3 Å². The molecule has 0 fully saturated rings. The molecule has 1 rings (SSSR count). The highest BCUT2D eigenvalue weighted by Crippen LogP contribution is 2.22. The van der Waals surface area contributed by atoms with Gasteiger partial charge < -0.3 is 15.2 Å². The molecule has 0 bridgehead atoms. The second-order valence-corrected chi connectivity index (χ2v) is 5.80. The quantitative estimate of drug-likeness (QED) is 0.848. The van der Waals surface area contributed by atoms with Crippen LogP contribution in [0.15, 0.2) is 24.3 Å². The molecule has 0 aliphatic rings. The Kier molecular flexibility index (Phi) is 3.89. The van der Waals surface area contributed by atoms with Crippen molar-refractivity contribution in [1.82, 2.24) is 5.32 Å². The van der Waals surface area contributed by atoms with Crippen LogP contribution in [0.1, 0.15) is 40.2 Å². The van der Waals surface area contributed by atoms with Crippen molar-refractivity contribution in [2.75, 3.05) is 0 Å². The van der Waals surface area contributed by atoms with Crippen LogP contribution < -0.4 is 5.32 Å². The number of amides is 1. The minimum atomic E-state index is -0.559. The molecule has 0 saturated heterocycles. The Morgan fingerprint density at radius 1 is 1.11 bits per heavy atom. The van der Waals surface area contributed by atoms with E-state index in [1.54, 1.807) is 24.3 Å². The lowest BCUT2D eigenvalue weighted by atomic mass is 9.94. The number of phenols is 1. The zero-order valence-electron chi connectivity index (χ0n) is 11.6. The molecule has 0 spiro atoms. The van der Waals surface area contributed by atoms with Crippen molar-refractivity contribution in [2.45, 2.75) is 45.8 Å². The fraction of sp³-hybridized carbons (Fsp3) is 0.500. The van der Waals surface area contributed by atoms with Crippen molar-refractivity contribution in [3.05, 3.63) is 29.8 Å². The normalized spacial score (nSPS) is 12.1. The molecule has 0 aliphatic heterocycles. The van der Waals surface area contributed by atoms with Gasteiger partial charge in [0.25, 0.3) is 0 Å². The van der Waals surface area contributed by atoms with Crippen molar-refractivity contribution in [1.29, 1.82) is 0 Å². The third kappa shape index (κ3) is 4.28. The summed E-state index contributed by atoms with van der Waals surface area (Å²) in [7, 11) is 0. The maximum absolute atomic E-state index is 11.7. The Balaban J connectivity index is 2.75. The first-order chi connectivity index (χ1) is 8.10. The number of nitrogens with one attached hydrogen (secondary N) is 1. The average molecular weight is 251 g/mol. The molecule has 100 valence electrons. The van der Waals surface area contributed by atoms with Crippen LogP contribution >= 0.6 is 0 Å². The van der Waals surface area contributed by atoms with Gasteiger partial charge in [-0.2, -0.15) is 0 Å². The minimum absolute atomic E-state index is 0.201. The Morgan fingerprint density at radius 2 is 1.61 bits per heavy atom. The number of aromatic hydroxyl groups is 1. The third-order valence-electron chi connectivity index (χ3n) is 2.40. The lowest BCUT2D eigenvalue weighted by Gasteiger charge is -2.29. The zero-order valence-corrected chi connectivity index (χ0v) is 11.6. The van der Waals surface area contributed by atoms with Gasteiger partial charge in [0.2, 0.25) is 0 Å². The molecule has 0 heterocycles. The fourth-order valence-electron chi connectivity index (χ4n) is 1.51. The highest BCUT2D eigenvalue weighted by atomic mass is 16.6. The van der Waals surface area contributed by atoms with Crippen LogP contribution in [0.25, 0.3) is 0 Å². The van der Waals surface area contributed by atoms with Gasteiger partial charge in [-0.1, -0.05) is 12.1 Å². The highest BCUT2D eigenvalue weighted by Gasteiger charge is 2.26. The number of benzene rings is 1. The third-order valence-corrected chi connectivity index (χ3v) is 2.40. The Labute approximate surface area is 108 Å². The van der Waals surface area contributed by atoms with Gasteiger partial charge in [0.1, 0.15) is 11.4 Å². The molecule has 0 unspecified atom stereocenters. The van der Waals surface area contributed by atoms with Crippen molar-refractivity contribution in [3.8, 4) is 5.75 Å². The van der Waals surface area contributed by atoms with Gasteiger partial charge in [0.15, 0.2) is 0 Å². The number of carbonyl (C=O) groups excluding carboxylic acids is 1. The first kappa shape index (κ1) is 14.4. The van der Waals surface area contributed by atoms with E-state index in [9.17, 15) is 9.90 Å². The maximum atomic E-state index is 11.7. The molecule has 2 N–H and O–H groups in total. The Hall–Kier alpha value is -1.71. The van der Waals surface area contributed by atoms with E-state index in [2.05, 4.69) is 5.32 Å². The number of hydrogen-bond acceptors (Lipinski definition) is 3. The summed E-state index contributed by atoms with van der Waals surface area (Å²) in [5, 5.41) is 12.1. The molecular weight excluding hydrogens is 230 g/mol. The Bertz CT molecular complexity index is 416. The summed E-state index contributed by atoms with van der Waals surface area (Å²) in [4.78, 5) is 11.7. The summed E-state index contributed by atoms with van der Waals surface area (Å²) in [5.41, 5.74) is -0.184. The van der Waals surface area contributed by atoms with Crippen LogP contribution in [0.3, 0.4) is 0 Å². The average Bonchev–Trinajstić information content (AvgIpc) is 2.13. The molecule has 0 atom stereocenters. The monoisotopic (exact) mass is 251 g/mol. The lowest BCUT2D eigenvalue weighted by Crippen LogP contribution is -2.43. The summed E-state index contributed by atoms with van der Waals surface area (Å²) < 4.78 is 5.22. The predicted molar refractivity (Wildman–Crippen MR) is 70.5 cm³/mol. The minimum Gasteiger partial charge on any atom is -0.508 e. The van der Waals surface area contributed by atoms with Crippen molar-refractivity contribution in [2.24, 2.45) is 0 Å². The molecule has 18 heavy (non-hydrogen) atoms. The van der Waals surface area contributed by atoms with Crippen LogP contribution in [0, 0.1) is 0 Å². The highest BCUT2D eigenvalue weighted by molar-refractivity contribution is 5.69. The smallest absolute Gasteiger partial charge is 0.408 e. The van der Waals surface area contributed by atoms with Crippen LogP contribution in [0.4, 0.5) is 4.79 Å². The Morgan fingerprint density at radius 3 is 2.06 bits per heavy atom. The zero-order chi connectivity index (χ0) is 14.0. The second-order valence-electron chi connectivity index (χ2n) is 5.80. The van der Waals surface area contributed by atoms with Gasteiger partial charge in [-0.25, -0.2) is 4.79 Å². The van der Waals surface area contributed by atoms with E-state index in [1.807, 2.05) is 34.6 Å². The number of ether oxygens (including phenoxy) is 1. The van der Waals surface area contributed by atoms with Crippen molar-refractivity contribution >= 4 is 6.09 Å². The number of phenolic OH excluding ortho intramolecular Hbond substituents is 1. The molecule has 0 saturated carbocycles. The molecular formula is C14H21NO3. The van der Waals surface area contributed by atoms with E-state index in [4.69, 9.17) is 4.74 Å². The molecule has 1 aromatic carbocycles. The molecule has 4 heteroatoms. The second kappa shape index (κ2) is 4.88. The first-order valence-electron chi connectivity index (χ1n) is 5.91. The molecule has 1 aromatic rings. The molecule has 0 aliphatic carbocycles. The van der Waals surface area contributed by atoms with E-state index < -0.39 is 17.2 Å². The number of carbonyl (C=O) groups is 1. The van der Waals surface area contributed by atoms with Gasteiger partial charge >= 0.3 is 6.09 Å². The van der Waals surface area contributed by atoms with Gasteiger partial charge in [-0.05, 0) is 52.3 Å². The van der Waals surface area contributed by atoms with E-state index in [-0.39, 0.29) is 5.75 Å². The van der Waals surface area contributed by atoms with Crippen molar-refractivity contribution in [3.63, 3.8) is 0 Å². The SMILES string of the molecule is CC(C)(C)OC(=O)NC(C)(C)c1ccc(O)cc1. The van der Waals surface area contributed by atoms with Crippen LogP contribution in [0.2, 0.25) is 0 Å². The van der Waals surface area contributed by atoms with E-state index >= 15 is 0 Å². The first-order valence-corrected chi connectivity index (χ1v) is 5.91. The van der Waals surface area contributed by atoms with Gasteiger partial charge in [-0.15, -0.1) is 0 Å². The summed E-state index contributed by atoms with van der Waals surface area (Å²) >= 11 is 0. The summed E-state index contributed by atoms with van der Waals surface area (Å²) in [6, 6.07) is 6.72. The standard InChI is InChI=1S/C14H21NO3/c1-13(2,3)18-12(17)15-14(4,5)10-6-8-11(16)9-7-10/h6-9,16H,1-5H3,(H,15,17). The number of rotatable bonds is 2. The molecule has 0 radical (unpaired) electrons. The van der Waals surface area contributed by atoms with Crippen molar-refractivity contribution < 1.29 is 14.6 Å². The maximum Gasteiger partial charge on any atom is 0.408 e. The van der Waals surface area contributed by atoms with E-state index in [0.717, 1.165) is 5.56 Å². The molecule has 4 nitrogen and oxygen atoms in total. The van der Waals surface area contributed by atoms with Gasteiger partial charge in [0, 0.05) is 0 Å². The van der Waals surface area contributed by atoms with E-state index in [0.29, 0.717) is 0 Å². The molecule has 1 amide bonds. The lowest BCUT2D eigenvalue weighted by molar-refractivity contribution is 0.0470. The topological polar surface area (TPSA) is 58.6 Å². The summed E-state index contributed by atoms with van der Waals surface area (Å²) in [5.74, 6) is 0.201. The summed E-state index contributed by atoms with van der Waals surface area (Å²) in [6.45, 7) is 9.22.